The van der Waals surface area contributed by atoms with Crippen LogP contribution in [0.5, 0.6) is 5.75 Å². The van der Waals surface area contributed by atoms with E-state index < -0.39 is 20.8 Å². The molecule has 1 aliphatic rings. The number of phenolic OH excluding ortho intramolecular Hbond substituents is 1. The molecule has 2 atom stereocenters. The van der Waals surface area contributed by atoms with Gasteiger partial charge in [0.25, 0.3) is 0 Å². The van der Waals surface area contributed by atoms with Gasteiger partial charge in [0.1, 0.15) is 5.75 Å². The van der Waals surface area contributed by atoms with Crippen LogP contribution in [0.4, 0.5) is 0 Å². The number of hydrogen-bond acceptors (Lipinski definition) is 2. The van der Waals surface area contributed by atoms with Crippen LogP contribution >= 0.6 is 17.0 Å². The summed E-state index contributed by atoms with van der Waals surface area (Å²) in [6.07, 6.45) is 6.83. The zero-order valence-electron chi connectivity index (χ0n) is 17.6. The normalized spacial score (nSPS) is 18.3. The predicted octanol–water partition coefficient (Wildman–Crippen LogP) is 8.10. The van der Waals surface area contributed by atoms with Crippen molar-refractivity contribution in [1.29, 1.82) is 0 Å². The van der Waals surface area contributed by atoms with E-state index in [1.807, 2.05) is 60.8 Å². The molecule has 160 valence electrons. The van der Waals surface area contributed by atoms with E-state index in [4.69, 9.17) is 22.0 Å². The molecule has 1 saturated carbocycles. The Kier molecular flexibility index (Phi) is 9.84. The molecule has 0 radical (unpaired) electrons. The zero-order chi connectivity index (χ0) is 22.1. The summed E-state index contributed by atoms with van der Waals surface area (Å²) in [7, 11) is 9.87. The van der Waals surface area contributed by atoms with Crippen LogP contribution in [0.3, 0.4) is 0 Å². The second kappa shape index (κ2) is 12.6. The van der Waals surface area contributed by atoms with Crippen molar-refractivity contribution in [3.8, 4) is 28.0 Å². The van der Waals surface area contributed by atoms with Crippen LogP contribution in [0.1, 0.15) is 38.2 Å². The van der Waals surface area contributed by atoms with E-state index in [9.17, 15) is 5.11 Å². The van der Waals surface area contributed by atoms with Gasteiger partial charge in [-0.05, 0) is 47.6 Å². The monoisotopic (exact) mass is 529 g/mol. The van der Waals surface area contributed by atoms with Crippen molar-refractivity contribution in [2.75, 3.05) is 0 Å². The first-order valence-corrected chi connectivity index (χ1v) is 16.9. The van der Waals surface area contributed by atoms with Gasteiger partial charge in [-0.1, -0.05) is 80.4 Å². The summed E-state index contributed by atoms with van der Waals surface area (Å²) in [5.74, 6) is 0.913. The van der Waals surface area contributed by atoms with E-state index in [1.54, 1.807) is 0 Å². The molecule has 3 aromatic carbocycles. The molecule has 0 spiro atoms. The molecule has 2 unspecified atom stereocenters. The molecule has 4 rings (SSSR count). The standard InChI is InChI=1S/C26H27NO.2ClH.Zr/c1-19-10-8-9-15-25(19)27-18-23-16-22(20-11-4-2-5-12-20)17-24(26(23)28)21-13-6-3-7-14-21;;;/h2-7,11-14,16-19,25,28H,8-10,15H2,1H3;2*1H;/q;;;+2/p-2. The number of nitrogens with zero attached hydrogens (tertiary/aromatic N) is 1. The van der Waals surface area contributed by atoms with Gasteiger partial charge in [0.15, 0.2) is 0 Å². The molecule has 0 saturated heterocycles. The Hall–Kier alpha value is -1.41. The van der Waals surface area contributed by atoms with Crippen molar-refractivity contribution in [3.63, 3.8) is 0 Å². The van der Waals surface area contributed by atoms with Crippen molar-refractivity contribution < 1.29 is 26.0 Å². The van der Waals surface area contributed by atoms with Gasteiger partial charge >= 0.3 is 37.9 Å². The number of rotatable bonds is 4. The Morgan fingerprint density at radius 2 is 1.45 bits per heavy atom. The molecule has 5 heteroatoms. The van der Waals surface area contributed by atoms with Gasteiger partial charge < -0.3 is 5.11 Å². The molecule has 1 fully saturated rings. The molecule has 0 aliphatic heterocycles. The molecule has 0 aromatic heterocycles. The van der Waals surface area contributed by atoms with Crippen LogP contribution in [-0.4, -0.2) is 17.4 Å². The van der Waals surface area contributed by atoms with E-state index in [0.29, 0.717) is 17.7 Å². The van der Waals surface area contributed by atoms with Gasteiger partial charge in [0.05, 0.1) is 6.04 Å². The van der Waals surface area contributed by atoms with Crippen molar-refractivity contribution in [2.24, 2.45) is 10.9 Å². The number of aliphatic imine (C=N–C) groups is 1. The average molecular weight is 532 g/mol. The van der Waals surface area contributed by atoms with E-state index in [2.05, 4.69) is 25.1 Å². The first kappa shape index (κ1) is 24.2. The summed E-state index contributed by atoms with van der Waals surface area (Å²) < 4.78 is 0. The summed E-state index contributed by atoms with van der Waals surface area (Å²) in [6.45, 7) is 2.29. The molecular formula is C26H27Cl2NOZr. The van der Waals surface area contributed by atoms with Crippen molar-refractivity contribution in [2.45, 2.75) is 38.6 Å². The van der Waals surface area contributed by atoms with Gasteiger partial charge in [-0.2, -0.15) is 0 Å². The third-order valence-corrected chi connectivity index (χ3v) is 5.80. The first-order chi connectivity index (χ1) is 15.1. The van der Waals surface area contributed by atoms with Crippen molar-refractivity contribution in [1.82, 2.24) is 0 Å². The average Bonchev–Trinajstić information content (AvgIpc) is 2.81. The minimum absolute atomic E-state index is 0.304. The van der Waals surface area contributed by atoms with Crippen LogP contribution < -0.4 is 0 Å². The summed E-state index contributed by atoms with van der Waals surface area (Å²) in [4.78, 5) is 4.88. The molecule has 3 aromatic rings. The van der Waals surface area contributed by atoms with Crippen LogP contribution in [0.2, 0.25) is 0 Å². The summed E-state index contributed by atoms with van der Waals surface area (Å²) >= 11 is -0.826. The van der Waals surface area contributed by atoms with Crippen LogP contribution in [-0.2, 0) is 20.8 Å². The summed E-state index contributed by atoms with van der Waals surface area (Å²) in [6, 6.07) is 24.9. The Bertz CT molecular complexity index is 979. The van der Waals surface area contributed by atoms with Gasteiger partial charge in [-0.3, -0.25) is 4.99 Å². The third-order valence-electron chi connectivity index (χ3n) is 5.80. The van der Waals surface area contributed by atoms with E-state index >= 15 is 0 Å². The van der Waals surface area contributed by atoms with Crippen LogP contribution in [0.25, 0.3) is 22.3 Å². The van der Waals surface area contributed by atoms with Gasteiger partial charge in [-0.15, -0.1) is 0 Å². The number of halogens is 2. The topological polar surface area (TPSA) is 32.6 Å². The molecule has 0 heterocycles. The Labute approximate surface area is 204 Å². The number of hydrogen-bond donors (Lipinski definition) is 1. The number of benzene rings is 3. The Balaban J connectivity index is 0.000000858. The van der Waals surface area contributed by atoms with E-state index in [-0.39, 0.29) is 0 Å². The quantitative estimate of drug-likeness (QED) is 0.339. The first-order valence-electron chi connectivity index (χ1n) is 10.6. The molecular weight excluding hydrogens is 504 g/mol. The van der Waals surface area contributed by atoms with Gasteiger partial charge in [-0.25, -0.2) is 0 Å². The number of phenols is 1. The van der Waals surface area contributed by atoms with Gasteiger partial charge in [0, 0.05) is 17.3 Å². The maximum atomic E-state index is 11.0. The fraction of sp³-hybridized carbons (Fsp3) is 0.269. The molecule has 0 bridgehead atoms. The zero-order valence-corrected chi connectivity index (χ0v) is 21.6. The molecule has 31 heavy (non-hydrogen) atoms. The fourth-order valence-electron chi connectivity index (χ4n) is 4.08. The molecule has 2 nitrogen and oxygen atoms in total. The molecule has 1 aliphatic carbocycles. The summed E-state index contributed by atoms with van der Waals surface area (Å²) in [5, 5.41) is 11.0. The van der Waals surface area contributed by atoms with Crippen molar-refractivity contribution >= 4 is 23.2 Å². The number of aromatic hydroxyl groups is 1. The molecule has 0 amide bonds. The summed E-state index contributed by atoms with van der Waals surface area (Å²) in [5.41, 5.74) is 4.88. The minimum atomic E-state index is -0.826. The van der Waals surface area contributed by atoms with E-state index in [1.165, 1.54) is 19.3 Å². The fourth-order valence-corrected chi connectivity index (χ4v) is 4.08. The Morgan fingerprint density at radius 1 is 0.871 bits per heavy atom. The van der Waals surface area contributed by atoms with Crippen LogP contribution in [0.15, 0.2) is 77.8 Å². The Morgan fingerprint density at radius 3 is 2.06 bits per heavy atom. The van der Waals surface area contributed by atoms with Crippen LogP contribution in [0, 0.1) is 5.92 Å². The predicted molar refractivity (Wildman–Crippen MR) is 130 cm³/mol. The maximum absolute atomic E-state index is 11.0. The third kappa shape index (κ3) is 6.78. The second-order valence-electron chi connectivity index (χ2n) is 7.87. The SMILES string of the molecule is CC1CCCCC1N=Cc1cc(-c2ccccc2)cc(-c2ccccc2)c1O.[Cl][Zr][Cl]. The molecule has 1 N–H and O–H groups in total. The van der Waals surface area contributed by atoms with E-state index in [0.717, 1.165) is 34.2 Å². The second-order valence-corrected chi connectivity index (χ2v) is 11.6. The van der Waals surface area contributed by atoms with Gasteiger partial charge in [0.2, 0.25) is 0 Å². The van der Waals surface area contributed by atoms with Crippen molar-refractivity contribution in [3.05, 3.63) is 78.4 Å².